The maximum absolute atomic E-state index is 5.99. The molecule has 0 saturated carbocycles. The van der Waals surface area contributed by atoms with Gasteiger partial charge in [0, 0.05) is 0 Å². The van der Waals surface area contributed by atoms with Gasteiger partial charge < -0.3 is 4.74 Å². The molecule has 0 N–H and O–H groups in total. The van der Waals surface area contributed by atoms with Gasteiger partial charge in [-0.3, -0.25) is 0 Å². The van der Waals surface area contributed by atoms with Crippen LogP contribution in [0.2, 0.25) is 0 Å². The van der Waals surface area contributed by atoms with Gasteiger partial charge in [0.15, 0.2) is 0 Å². The SMILES string of the molecule is CC(C)C(Cl)/C=C/O/C=C/C(Cl)C(C)C. The maximum atomic E-state index is 5.99. The molecule has 0 amide bonds. The predicted octanol–water partition coefficient (Wildman–Crippen LogP) is 4.56. The van der Waals surface area contributed by atoms with Crippen LogP contribution in [-0.4, -0.2) is 10.8 Å². The van der Waals surface area contributed by atoms with Crippen molar-refractivity contribution in [3.63, 3.8) is 0 Å². The van der Waals surface area contributed by atoms with Crippen molar-refractivity contribution in [2.24, 2.45) is 11.8 Å². The van der Waals surface area contributed by atoms with Crippen molar-refractivity contribution >= 4 is 23.2 Å². The molecule has 0 aromatic carbocycles. The van der Waals surface area contributed by atoms with Crippen LogP contribution >= 0.6 is 23.2 Å². The number of alkyl halides is 2. The Morgan fingerprint density at radius 2 is 1.13 bits per heavy atom. The van der Waals surface area contributed by atoms with E-state index in [0.717, 1.165) is 0 Å². The van der Waals surface area contributed by atoms with Gasteiger partial charge in [-0.15, -0.1) is 23.2 Å². The van der Waals surface area contributed by atoms with Crippen molar-refractivity contribution in [1.82, 2.24) is 0 Å². The average Bonchev–Trinajstić information content (AvgIpc) is 2.16. The molecule has 0 bridgehead atoms. The Bertz CT molecular complexity index is 188. The van der Waals surface area contributed by atoms with Crippen LogP contribution < -0.4 is 0 Å². The minimum atomic E-state index is 0.00953. The molecule has 0 radical (unpaired) electrons. The van der Waals surface area contributed by atoms with Gasteiger partial charge in [0.1, 0.15) is 0 Å². The van der Waals surface area contributed by atoms with Crippen LogP contribution in [0.4, 0.5) is 0 Å². The van der Waals surface area contributed by atoms with E-state index in [1.165, 1.54) is 0 Å². The second-order valence-electron chi connectivity index (χ2n) is 4.17. The highest BCUT2D eigenvalue weighted by Crippen LogP contribution is 2.12. The summed E-state index contributed by atoms with van der Waals surface area (Å²) in [7, 11) is 0. The molecule has 2 atom stereocenters. The summed E-state index contributed by atoms with van der Waals surface area (Å²) in [6.07, 6.45) is 6.85. The van der Waals surface area contributed by atoms with E-state index in [1.54, 1.807) is 12.5 Å². The fourth-order valence-corrected chi connectivity index (χ4v) is 0.849. The van der Waals surface area contributed by atoms with E-state index in [1.807, 2.05) is 12.2 Å². The summed E-state index contributed by atoms with van der Waals surface area (Å²) in [5.74, 6) is 0.818. The topological polar surface area (TPSA) is 9.23 Å². The summed E-state index contributed by atoms with van der Waals surface area (Å²) in [5, 5.41) is 0.0191. The zero-order chi connectivity index (χ0) is 11.8. The molecule has 0 saturated heterocycles. The Kier molecular flexibility index (Phi) is 7.99. The van der Waals surface area contributed by atoms with Crippen molar-refractivity contribution in [1.29, 1.82) is 0 Å². The predicted molar refractivity (Wildman–Crippen MR) is 68.3 cm³/mol. The van der Waals surface area contributed by atoms with Crippen molar-refractivity contribution in [3.8, 4) is 0 Å². The van der Waals surface area contributed by atoms with E-state index in [9.17, 15) is 0 Å². The molecule has 0 aliphatic carbocycles. The largest absolute Gasteiger partial charge is 0.473 e. The third kappa shape index (κ3) is 7.75. The Balaban J connectivity index is 3.79. The Morgan fingerprint density at radius 1 is 0.800 bits per heavy atom. The van der Waals surface area contributed by atoms with E-state index >= 15 is 0 Å². The van der Waals surface area contributed by atoms with Gasteiger partial charge in [0.25, 0.3) is 0 Å². The quantitative estimate of drug-likeness (QED) is 0.496. The first-order valence-corrected chi connectivity index (χ1v) is 6.09. The molecule has 2 unspecified atom stereocenters. The second-order valence-corrected chi connectivity index (χ2v) is 5.18. The third-order valence-electron chi connectivity index (χ3n) is 1.96. The number of halogens is 2. The fraction of sp³-hybridized carbons (Fsp3) is 0.667. The number of rotatable bonds is 6. The van der Waals surface area contributed by atoms with E-state index in [2.05, 4.69) is 27.7 Å². The molecular formula is C12H20Cl2O. The van der Waals surface area contributed by atoms with Gasteiger partial charge in [0.2, 0.25) is 0 Å². The summed E-state index contributed by atoms with van der Waals surface area (Å²) in [4.78, 5) is 0. The highest BCUT2D eigenvalue weighted by molar-refractivity contribution is 6.22. The molecule has 0 spiro atoms. The zero-order valence-corrected chi connectivity index (χ0v) is 11.3. The molecule has 0 heterocycles. The molecule has 0 aromatic heterocycles. The van der Waals surface area contributed by atoms with Gasteiger partial charge in [-0.1, -0.05) is 27.7 Å². The normalized spacial score (nSPS) is 16.8. The van der Waals surface area contributed by atoms with Crippen molar-refractivity contribution in [3.05, 3.63) is 24.7 Å². The maximum Gasteiger partial charge on any atom is 0.0876 e. The molecule has 88 valence electrons. The van der Waals surface area contributed by atoms with Crippen LogP contribution in [0.15, 0.2) is 24.7 Å². The van der Waals surface area contributed by atoms with Crippen LogP contribution in [0.1, 0.15) is 27.7 Å². The summed E-state index contributed by atoms with van der Waals surface area (Å²) in [6, 6.07) is 0. The summed E-state index contributed by atoms with van der Waals surface area (Å²) >= 11 is 12.0. The Labute approximate surface area is 103 Å². The van der Waals surface area contributed by atoms with E-state index < -0.39 is 0 Å². The van der Waals surface area contributed by atoms with Gasteiger partial charge in [-0.25, -0.2) is 0 Å². The summed E-state index contributed by atoms with van der Waals surface area (Å²) < 4.78 is 5.15. The monoisotopic (exact) mass is 250 g/mol. The molecule has 15 heavy (non-hydrogen) atoms. The van der Waals surface area contributed by atoms with Gasteiger partial charge in [-0.05, 0) is 24.0 Å². The molecular weight excluding hydrogens is 231 g/mol. The molecule has 0 aliphatic heterocycles. The number of hydrogen-bond donors (Lipinski definition) is 0. The molecule has 0 aliphatic rings. The lowest BCUT2D eigenvalue weighted by Crippen LogP contribution is -2.03. The van der Waals surface area contributed by atoms with Crippen LogP contribution in [0.5, 0.6) is 0 Å². The third-order valence-corrected chi connectivity index (χ3v) is 3.25. The van der Waals surface area contributed by atoms with Crippen LogP contribution in [0.3, 0.4) is 0 Å². The van der Waals surface area contributed by atoms with Gasteiger partial charge in [0.05, 0.1) is 23.3 Å². The minimum Gasteiger partial charge on any atom is -0.473 e. The highest BCUT2D eigenvalue weighted by Gasteiger charge is 2.05. The minimum absolute atomic E-state index is 0.00953. The Hall–Kier alpha value is -0.140. The van der Waals surface area contributed by atoms with Crippen molar-refractivity contribution < 1.29 is 4.74 Å². The molecule has 0 fully saturated rings. The second kappa shape index (κ2) is 8.06. The van der Waals surface area contributed by atoms with Gasteiger partial charge in [-0.2, -0.15) is 0 Å². The van der Waals surface area contributed by atoms with Crippen molar-refractivity contribution in [2.75, 3.05) is 0 Å². The lowest BCUT2D eigenvalue weighted by atomic mass is 10.1. The first kappa shape index (κ1) is 14.9. The number of hydrogen-bond acceptors (Lipinski definition) is 1. The standard InChI is InChI=1S/C12H20Cl2O/c1-9(2)11(13)5-7-15-8-6-12(14)10(3)4/h5-12H,1-4H3/b7-5+,8-6+. The van der Waals surface area contributed by atoms with Gasteiger partial charge >= 0.3 is 0 Å². The lowest BCUT2D eigenvalue weighted by molar-refractivity contribution is 0.396. The fourth-order valence-electron chi connectivity index (χ4n) is 0.731. The summed E-state index contributed by atoms with van der Waals surface area (Å²) in [6.45, 7) is 8.24. The number of allylic oxidation sites excluding steroid dienone is 2. The molecule has 3 heteroatoms. The van der Waals surface area contributed by atoms with E-state index in [4.69, 9.17) is 27.9 Å². The summed E-state index contributed by atoms with van der Waals surface area (Å²) in [5.41, 5.74) is 0. The Morgan fingerprint density at radius 3 is 1.40 bits per heavy atom. The van der Waals surface area contributed by atoms with Crippen LogP contribution in [-0.2, 0) is 4.74 Å². The average molecular weight is 251 g/mol. The highest BCUT2D eigenvalue weighted by atomic mass is 35.5. The van der Waals surface area contributed by atoms with Crippen LogP contribution in [0, 0.1) is 11.8 Å². The lowest BCUT2D eigenvalue weighted by Gasteiger charge is -2.07. The first-order chi connectivity index (χ1) is 6.95. The van der Waals surface area contributed by atoms with Crippen molar-refractivity contribution in [2.45, 2.75) is 38.4 Å². The molecule has 0 rings (SSSR count). The van der Waals surface area contributed by atoms with Crippen LogP contribution in [0.25, 0.3) is 0 Å². The molecule has 1 nitrogen and oxygen atoms in total. The number of ether oxygens (including phenoxy) is 1. The first-order valence-electron chi connectivity index (χ1n) is 5.22. The van der Waals surface area contributed by atoms with E-state index in [0.29, 0.717) is 11.8 Å². The van der Waals surface area contributed by atoms with E-state index in [-0.39, 0.29) is 10.8 Å². The molecule has 0 aromatic rings. The smallest absolute Gasteiger partial charge is 0.0876 e. The zero-order valence-electron chi connectivity index (χ0n) is 9.78.